The molecule has 1 heterocycles. The zero-order valence-corrected chi connectivity index (χ0v) is 16.6. The third-order valence-corrected chi connectivity index (χ3v) is 5.22. The number of aryl methyl sites for hydroxylation is 1. The van der Waals surface area contributed by atoms with Crippen molar-refractivity contribution in [2.24, 2.45) is 0 Å². The fourth-order valence-electron chi connectivity index (χ4n) is 2.42. The van der Waals surface area contributed by atoms with Crippen molar-refractivity contribution in [3.05, 3.63) is 74.7 Å². The second-order valence-electron chi connectivity index (χ2n) is 5.99. The molecule has 0 spiro atoms. The Hall–Kier alpha value is -2.71. The van der Waals surface area contributed by atoms with Crippen LogP contribution in [0.5, 0.6) is 11.5 Å². The molecule has 1 N–H and O–H groups in total. The van der Waals surface area contributed by atoms with Crippen LogP contribution in [0.25, 0.3) is 0 Å². The topological polar surface area (TPSA) is 47.6 Å². The Morgan fingerprint density at radius 2 is 2.00 bits per heavy atom. The van der Waals surface area contributed by atoms with Gasteiger partial charge in [-0.25, -0.2) is 4.39 Å². The largest absolute Gasteiger partial charge is 0.489 e. The van der Waals surface area contributed by atoms with Gasteiger partial charge in [0.05, 0.1) is 10.6 Å². The summed E-state index contributed by atoms with van der Waals surface area (Å²) >= 11 is 7.14. The quantitative estimate of drug-likeness (QED) is 0.469. The van der Waals surface area contributed by atoms with Gasteiger partial charge < -0.3 is 14.8 Å². The molecule has 0 saturated carbocycles. The number of benzene rings is 2. The number of alkyl halides is 2. The molecular weight excluding hydrogens is 427 g/mol. The van der Waals surface area contributed by atoms with Gasteiger partial charge in [0, 0.05) is 16.7 Å². The summed E-state index contributed by atoms with van der Waals surface area (Å²) in [5.41, 5.74) is 1.59. The number of amides is 1. The summed E-state index contributed by atoms with van der Waals surface area (Å²) < 4.78 is 48.2. The minimum absolute atomic E-state index is 0.0560. The normalized spacial score (nSPS) is 10.8. The Labute approximate surface area is 173 Å². The minimum Gasteiger partial charge on any atom is -0.489 e. The van der Waals surface area contributed by atoms with Crippen molar-refractivity contribution in [3.63, 3.8) is 0 Å². The molecule has 2 aromatic carbocycles. The van der Waals surface area contributed by atoms with Crippen molar-refractivity contribution in [1.29, 1.82) is 0 Å². The van der Waals surface area contributed by atoms with Crippen LogP contribution in [0, 0.1) is 12.7 Å². The predicted molar refractivity (Wildman–Crippen MR) is 106 cm³/mol. The minimum atomic E-state index is -3.14. The Morgan fingerprint density at radius 1 is 1.21 bits per heavy atom. The third kappa shape index (κ3) is 5.65. The number of hydrogen-bond acceptors (Lipinski definition) is 4. The van der Waals surface area contributed by atoms with Crippen LogP contribution in [0.2, 0.25) is 5.02 Å². The standard InChI is InChI=1S/C20H15ClF3NO3S/c1-11-6-14(3-4-15(11)21)27-9-12-7-18(29-10-12)19(26)25-16-5-2-13(22)8-17(16)28-20(23)24/h2-8,10,20H,9H2,1H3,(H,25,26). The first kappa shape index (κ1) is 21.0. The van der Waals surface area contributed by atoms with E-state index in [2.05, 4.69) is 10.1 Å². The molecule has 4 nitrogen and oxygen atoms in total. The van der Waals surface area contributed by atoms with Crippen LogP contribution in [-0.2, 0) is 6.61 Å². The number of ether oxygens (including phenoxy) is 2. The van der Waals surface area contributed by atoms with E-state index in [1.165, 1.54) is 0 Å². The third-order valence-electron chi connectivity index (χ3n) is 3.82. The molecule has 0 saturated heterocycles. The van der Waals surface area contributed by atoms with Crippen molar-refractivity contribution in [2.75, 3.05) is 5.32 Å². The van der Waals surface area contributed by atoms with E-state index in [1.807, 2.05) is 6.92 Å². The summed E-state index contributed by atoms with van der Waals surface area (Å²) in [4.78, 5) is 12.8. The molecule has 0 atom stereocenters. The lowest BCUT2D eigenvalue weighted by molar-refractivity contribution is -0.0495. The van der Waals surface area contributed by atoms with Gasteiger partial charge in [-0.3, -0.25) is 4.79 Å². The van der Waals surface area contributed by atoms with Crippen LogP contribution < -0.4 is 14.8 Å². The average Bonchev–Trinajstić information content (AvgIpc) is 3.13. The number of carbonyl (C=O) groups excluding carboxylic acids is 1. The SMILES string of the molecule is Cc1cc(OCc2csc(C(=O)Nc3ccc(F)cc3OC(F)F)c2)ccc1Cl. The molecule has 29 heavy (non-hydrogen) atoms. The number of rotatable bonds is 7. The lowest BCUT2D eigenvalue weighted by atomic mass is 10.2. The van der Waals surface area contributed by atoms with Crippen LogP contribution >= 0.6 is 22.9 Å². The highest BCUT2D eigenvalue weighted by Crippen LogP contribution is 2.28. The summed E-state index contributed by atoms with van der Waals surface area (Å²) in [6.45, 7) is -1.04. The first-order valence-corrected chi connectivity index (χ1v) is 9.59. The highest BCUT2D eigenvalue weighted by molar-refractivity contribution is 7.12. The number of hydrogen-bond donors (Lipinski definition) is 1. The highest BCUT2D eigenvalue weighted by Gasteiger charge is 2.16. The monoisotopic (exact) mass is 441 g/mol. The van der Waals surface area contributed by atoms with E-state index in [0.717, 1.165) is 40.7 Å². The van der Waals surface area contributed by atoms with Crippen molar-refractivity contribution >= 4 is 34.5 Å². The molecule has 0 unspecified atom stereocenters. The zero-order chi connectivity index (χ0) is 21.0. The predicted octanol–water partition coefficient (Wildman–Crippen LogP) is 6.28. The number of halogens is 4. The van der Waals surface area contributed by atoms with Crippen LogP contribution in [0.4, 0.5) is 18.9 Å². The lowest BCUT2D eigenvalue weighted by Crippen LogP contribution is -2.13. The Morgan fingerprint density at radius 3 is 2.72 bits per heavy atom. The summed E-state index contributed by atoms with van der Waals surface area (Å²) in [5, 5.41) is 4.84. The highest BCUT2D eigenvalue weighted by atomic mass is 35.5. The number of nitrogens with one attached hydrogen (secondary N) is 1. The molecule has 0 fully saturated rings. The summed E-state index contributed by atoms with van der Waals surface area (Å²) in [5.74, 6) is -1.10. The fraction of sp³-hybridized carbons (Fsp3) is 0.150. The maximum absolute atomic E-state index is 13.3. The molecule has 3 rings (SSSR count). The summed E-state index contributed by atoms with van der Waals surface area (Å²) in [6, 6.07) is 9.89. The van der Waals surface area contributed by atoms with Gasteiger partial charge in [-0.1, -0.05) is 11.6 Å². The van der Waals surface area contributed by atoms with E-state index in [0.29, 0.717) is 15.6 Å². The van der Waals surface area contributed by atoms with Gasteiger partial charge in [0.1, 0.15) is 18.2 Å². The molecule has 1 amide bonds. The van der Waals surface area contributed by atoms with Crippen molar-refractivity contribution in [2.45, 2.75) is 20.1 Å². The van der Waals surface area contributed by atoms with E-state index in [1.54, 1.807) is 29.6 Å². The molecule has 0 bridgehead atoms. The van der Waals surface area contributed by atoms with Crippen molar-refractivity contribution in [3.8, 4) is 11.5 Å². The van der Waals surface area contributed by atoms with Gasteiger partial charge >= 0.3 is 6.61 Å². The van der Waals surface area contributed by atoms with Gasteiger partial charge in [-0.2, -0.15) is 8.78 Å². The summed E-state index contributed by atoms with van der Waals surface area (Å²) in [6.07, 6.45) is 0. The van der Waals surface area contributed by atoms with Crippen LogP contribution in [-0.4, -0.2) is 12.5 Å². The Balaban J connectivity index is 1.66. The van der Waals surface area contributed by atoms with Gasteiger partial charge in [-0.15, -0.1) is 11.3 Å². The number of carbonyl (C=O) groups is 1. The fourth-order valence-corrected chi connectivity index (χ4v) is 3.33. The number of thiophene rings is 1. The first-order chi connectivity index (χ1) is 13.8. The summed E-state index contributed by atoms with van der Waals surface area (Å²) in [7, 11) is 0. The molecule has 0 aliphatic heterocycles. The molecule has 9 heteroatoms. The Bertz CT molecular complexity index is 1030. The molecule has 152 valence electrons. The Kier molecular flexibility index (Phi) is 6.66. The van der Waals surface area contributed by atoms with Gasteiger partial charge in [0.25, 0.3) is 5.91 Å². The molecule has 1 aromatic heterocycles. The van der Waals surface area contributed by atoms with E-state index in [-0.39, 0.29) is 12.3 Å². The maximum atomic E-state index is 13.3. The zero-order valence-electron chi connectivity index (χ0n) is 15.0. The van der Waals surface area contributed by atoms with E-state index >= 15 is 0 Å². The van der Waals surface area contributed by atoms with Crippen LogP contribution in [0.1, 0.15) is 20.8 Å². The molecular formula is C20H15ClF3NO3S. The molecule has 3 aromatic rings. The smallest absolute Gasteiger partial charge is 0.387 e. The molecule has 0 radical (unpaired) electrons. The van der Waals surface area contributed by atoms with Crippen LogP contribution in [0.3, 0.4) is 0 Å². The molecule has 0 aliphatic rings. The van der Waals surface area contributed by atoms with Gasteiger partial charge in [-0.05, 0) is 54.3 Å². The van der Waals surface area contributed by atoms with Gasteiger partial charge in [0.15, 0.2) is 5.75 Å². The second-order valence-corrected chi connectivity index (χ2v) is 7.31. The lowest BCUT2D eigenvalue weighted by Gasteiger charge is -2.11. The number of anilines is 1. The van der Waals surface area contributed by atoms with Gasteiger partial charge in [0.2, 0.25) is 0 Å². The first-order valence-electron chi connectivity index (χ1n) is 8.34. The van der Waals surface area contributed by atoms with Crippen molar-refractivity contribution in [1.82, 2.24) is 0 Å². The molecule has 0 aliphatic carbocycles. The maximum Gasteiger partial charge on any atom is 0.387 e. The van der Waals surface area contributed by atoms with Crippen molar-refractivity contribution < 1.29 is 27.4 Å². The average molecular weight is 442 g/mol. The van der Waals surface area contributed by atoms with E-state index in [9.17, 15) is 18.0 Å². The van der Waals surface area contributed by atoms with Crippen LogP contribution in [0.15, 0.2) is 47.8 Å². The van der Waals surface area contributed by atoms with E-state index in [4.69, 9.17) is 16.3 Å². The second kappa shape index (κ2) is 9.19. The van der Waals surface area contributed by atoms with E-state index < -0.39 is 24.1 Å².